The number of halogens is 3. The topological polar surface area (TPSA) is 66.4 Å². The Kier molecular flexibility index (Phi) is 4.97. The van der Waals surface area contributed by atoms with E-state index in [-0.39, 0.29) is 24.1 Å². The summed E-state index contributed by atoms with van der Waals surface area (Å²) in [5.74, 6) is -4.62. The first kappa shape index (κ1) is 17.3. The molecular formula is C16H18F3NO3. The van der Waals surface area contributed by atoms with E-state index in [1.54, 1.807) is 6.92 Å². The van der Waals surface area contributed by atoms with Crippen LogP contribution in [0.3, 0.4) is 0 Å². The fourth-order valence-corrected chi connectivity index (χ4v) is 3.00. The number of carbonyl (C=O) groups is 2. The van der Waals surface area contributed by atoms with E-state index in [1.165, 1.54) is 18.2 Å². The van der Waals surface area contributed by atoms with Crippen molar-refractivity contribution in [3.05, 3.63) is 29.3 Å². The number of nitrogens with one attached hydrogen (secondary N) is 1. The molecule has 0 heterocycles. The maximum absolute atomic E-state index is 13.1. The van der Waals surface area contributed by atoms with Crippen molar-refractivity contribution in [2.24, 2.45) is 11.8 Å². The average molecular weight is 329 g/mol. The van der Waals surface area contributed by atoms with Crippen molar-refractivity contribution in [3.8, 4) is 0 Å². The number of hydrogen-bond donors (Lipinski definition) is 2. The summed E-state index contributed by atoms with van der Waals surface area (Å²) in [4.78, 5) is 23.3. The Morgan fingerprint density at radius 1 is 1.22 bits per heavy atom. The Morgan fingerprint density at radius 3 is 2.48 bits per heavy atom. The number of carbonyl (C=O) groups excluding carboxylic acids is 1. The lowest BCUT2D eigenvalue weighted by Crippen LogP contribution is -2.39. The molecule has 7 heteroatoms. The van der Waals surface area contributed by atoms with Gasteiger partial charge < -0.3 is 10.4 Å². The van der Waals surface area contributed by atoms with Gasteiger partial charge in [0.25, 0.3) is 0 Å². The summed E-state index contributed by atoms with van der Waals surface area (Å²) in [6, 6.07) is 4.27. The van der Waals surface area contributed by atoms with E-state index in [0.29, 0.717) is 18.4 Å². The van der Waals surface area contributed by atoms with Crippen LogP contribution in [0.5, 0.6) is 0 Å². The maximum Gasteiger partial charge on any atom is 0.392 e. The number of benzene rings is 1. The second-order valence-electron chi connectivity index (χ2n) is 5.86. The average Bonchev–Trinajstić information content (AvgIpc) is 2.48. The largest absolute Gasteiger partial charge is 0.478 e. The molecule has 1 amide bonds. The lowest BCUT2D eigenvalue weighted by Gasteiger charge is -2.32. The maximum atomic E-state index is 13.1. The molecule has 2 atom stereocenters. The van der Waals surface area contributed by atoms with Gasteiger partial charge in [-0.2, -0.15) is 13.2 Å². The number of aromatic carboxylic acids is 1. The van der Waals surface area contributed by atoms with Gasteiger partial charge in [-0.05, 0) is 37.5 Å². The minimum atomic E-state index is -4.40. The molecule has 2 unspecified atom stereocenters. The molecule has 23 heavy (non-hydrogen) atoms. The van der Waals surface area contributed by atoms with Gasteiger partial charge in [-0.1, -0.05) is 18.9 Å². The predicted molar refractivity (Wildman–Crippen MR) is 78.3 cm³/mol. The van der Waals surface area contributed by atoms with Gasteiger partial charge in [0.05, 0.1) is 11.5 Å². The molecule has 2 rings (SSSR count). The first-order chi connectivity index (χ1) is 10.7. The van der Waals surface area contributed by atoms with Crippen molar-refractivity contribution in [1.82, 2.24) is 0 Å². The van der Waals surface area contributed by atoms with Gasteiger partial charge in [0, 0.05) is 11.6 Å². The second-order valence-corrected chi connectivity index (χ2v) is 5.86. The summed E-state index contributed by atoms with van der Waals surface area (Å²) in [6.45, 7) is 1.61. The fraction of sp³-hybridized carbons (Fsp3) is 0.500. The number of carboxylic acid groups (broad SMARTS) is 1. The van der Waals surface area contributed by atoms with Gasteiger partial charge in [0.15, 0.2) is 0 Å². The third kappa shape index (κ3) is 4.03. The normalized spacial score (nSPS) is 21.7. The number of alkyl halides is 3. The van der Waals surface area contributed by atoms with Gasteiger partial charge in [0.1, 0.15) is 0 Å². The Labute approximate surface area is 131 Å². The third-order valence-electron chi connectivity index (χ3n) is 4.26. The van der Waals surface area contributed by atoms with E-state index >= 15 is 0 Å². The summed E-state index contributed by atoms with van der Waals surface area (Å²) < 4.78 is 39.2. The van der Waals surface area contributed by atoms with Crippen molar-refractivity contribution < 1.29 is 27.9 Å². The second kappa shape index (κ2) is 6.60. The standard InChI is InChI=1S/C16H18F3NO3/c1-9-6-7-10(8-12(9)15(22)23)20-14(21)11-4-2-3-5-13(11)16(17,18)19/h6-8,11,13H,2-5H2,1H3,(H,20,21)(H,22,23). The van der Waals surface area contributed by atoms with Crippen LogP contribution >= 0.6 is 0 Å². The van der Waals surface area contributed by atoms with E-state index in [1.807, 2.05) is 0 Å². The van der Waals surface area contributed by atoms with Crippen LogP contribution in [-0.4, -0.2) is 23.2 Å². The van der Waals surface area contributed by atoms with Crippen molar-refractivity contribution in [2.45, 2.75) is 38.8 Å². The lowest BCUT2D eigenvalue weighted by molar-refractivity contribution is -0.197. The zero-order chi connectivity index (χ0) is 17.2. The molecule has 0 aromatic heterocycles. The van der Waals surface area contributed by atoms with Crippen LogP contribution in [0.2, 0.25) is 0 Å². The van der Waals surface area contributed by atoms with Gasteiger partial charge in [0.2, 0.25) is 5.91 Å². The molecular weight excluding hydrogens is 311 g/mol. The number of carboxylic acids is 1. The van der Waals surface area contributed by atoms with E-state index < -0.39 is 29.9 Å². The summed E-state index contributed by atoms with van der Waals surface area (Å²) in [6.07, 6.45) is -3.22. The molecule has 1 aliphatic rings. The van der Waals surface area contributed by atoms with Crippen LogP contribution < -0.4 is 5.32 Å². The molecule has 0 radical (unpaired) electrons. The summed E-state index contributed by atoms with van der Waals surface area (Å²) in [5, 5.41) is 11.5. The zero-order valence-corrected chi connectivity index (χ0v) is 12.6. The molecule has 1 fully saturated rings. The lowest BCUT2D eigenvalue weighted by atomic mass is 9.78. The number of aryl methyl sites for hydroxylation is 1. The Balaban J connectivity index is 2.17. The molecule has 1 aliphatic carbocycles. The van der Waals surface area contributed by atoms with Crippen LogP contribution in [0.15, 0.2) is 18.2 Å². The van der Waals surface area contributed by atoms with Crippen LogP contribution in [-0.2, 0) is 4.79 Å². The van der Waals surface area contributed by atoms with E-state index in [0.717, 1.165) is 0 Å². The van der Waals surface area contributed by atoms with Gasteiger partial charge in [-0.15, -0.1) is 0 Å². The summed E-state index contributed by atoms with van der Waals surface area (Å²) in [7, 11) is 0. The molecule has 0 spiro atoms. The summed E-state index contributed by atoms with van der Waals surface area (Å²) in [5.41, 5.74) is 0.727. The molecule has 2 N–H and O–H groups in total. The molecule has 0 saturated heterocycles. The minimum absolute atomic E-state index is 0.0128. The van der Waals surface area contributed by atoms with Gasteiger partial charge >= 0.3 is 12.1 Å². The number of rotatable bonds is 3. The highest BCUT2D eigenvalue weighted by Crippen LogP contribution is 2.41. The third-order valence-corrected chi connectivity index (χ3v) is 4.26. The first-order valence-corrected chi connectivity index (χ1v) is 7.41. The number of amides is 1. The van der Waals surface area contributed by atoms with Crippen molar-refractivity contribution in [3.63, 3.8) is 0 Å². The molecule has 1 aromatic rings. The summed E-state index contributed by atoms with van der Waals surface area (Å²) >= 11 is 0. The van der Waals surface area contributed by atoms with Crippen LogP contribution in [0, 0.1) is 18.8 Å². The van der Waals surface area contributed by atoms with E-state index in [9.17, 15) is 22.8 Å². The van der Waals surface area contributed by atoms with Crippen molar-refractivity contribution in [1.29, 1.82) is 0 Å². The van der Waals surface area contributed by atoms with Crippen LogP contribution in [0.4, 0.5) is 18.9 Å². The monoisotopic (exact) mass is 329 g/mol. The molecule has 0 aliphatic heterocycles. The molecule has 1 aromatic carbocycles. The van der Waals surface area contributed by atoms with Crippen LogP contribution in [0.1, 0.15) is 41.6 Å². The van der Waals surface area contributed by atoms with Gasteiger partial charge in [-0.3, -0.25) is 4.79 Å². The van der Waals surface area contributed by atoms with Gasteiger partial charge in [-0.25, -0.2) is 4.79 Å². The predicted octanol–water partition coefficient (Wildman–Crippen LogP) is 4.00. The molecule has 126 valence electrons. The van der Waals surface area contributed by atoms with Crippen LogP contribution in [0.25, 0.3) is 0 Å². The van der Waals surface area contributed by atoms with Crippen molar-refractivity contribution >= 4 is 17.6 Å². The van der Waals surface area contributed by atoms with E-state index in [2.05, 4.69) is 5.32 Å². The number of hydrogen-bond acceptors (Lipinski definition) is 2. The highest BCUT2D eigenvalue weighted by atomic mass is 19.4. The highest BCUT2D eigenvalue weighted by molar-refractivity contribution is 5.95. The van der Waals surface area contributed by atoms with Crippen molar-refractivity contribution in [2.75, 3.05) is 5.32 Å². The Morgan fingerprint density at radius 2 is 1.87 bits per heavy atom. The Bertz CT molecular complexity index is 613. The Hall–Kier alpha value is -2.05. The molecule has 1 saturated carbocycles. The smallest absolute Gasteiger partial charge is 0.392 e. The quantitative estimate of drug-likeness (QED) is 0.881. The fourth-order valence-electron chi connectivity index (χ4n) is 3.00. The minimum Gasteiger partial charge on any atom is -0.478 e. The SMILES string of the molecule is Cc1ccc(NC(=O)C2CCCCC2C(F)(F)F)cc1C(=O)O. The number of anilines is 1. The molecule has 4 nitrogen and oxygen atoms in total. The highest BCUT2D eigenvalue weighted by Gasteiger charge is 2.48. The first-order valence-electron chi connectivity index (χ1n) is 7.41. The molecule has 0 bridgehead atoms. The zero-order valence-electron chi connectivity index (χ0n) is 12.6. The van der Waals surface area contributed by atoms with E-state index in [4.69, 9.17) is 5.11 Å².